The first kappa shape index (κ1) is 17.2. The Balaban J connectivity index is 1.33. The average Bonchev–Trinajstić information content (AvgIpc) is 3.30. The van der Waals surface area contributed by atoms with Crippen LogP contribution in [0.4, 0.5) is 0 Å². The normalized spacial score (nSPS) is 24.0. The van der Waals surface area contributed by atoms with Crippen molar-refractivity contribution in [1.29, 1.82) is 5.26 Å². The van der Waals surface area contributed by atoms with Crippen molar-refractivity contribution in [2.75, 3.05) is 0 Å². The molecule has 3 aromatic rings. The van der Waals surface area contributed by atoms with Gasteiger partial charge in [-0.25, -0.2) is 4.98 Å². The van der Waals surface area contributed by atoms with Crippen molar-refractivity contribution in [3.05, 3.63) is 65.0 Å². The second kappa shape index (κ2) is 6.91. The zero-order valence-electron chi connectivity index (χ0n) is 15.8. The highest BCUT2D eigenvalue weighted by molar-refractivity contribution is 6.00. The van der Waals surface area contributed by atoms with Crippen LogP contribution in [0.1, 0.15) is 65.1 Å². The van der Waals surface area contributed by atoms with Crippen LogP contribution in [0.15, 0.2) is 42.7 Å². The van der Waals surface area contributed by atoms with Crippen LogP contribution in [0.2, 0.25) is 0 Å². The molecule has 1 fully saturated rings. The Labute approximate surface area is 164 Å². The number of aromatic amines is 1. The Morgan fingerprint density at radius 1 is 1.11 bits per heavy atom. The molecule has 0 bridgehead atoms. The van der Waals surface area contributed by atoms with Gasteiger partial charge in [0.05, 0.1) is 29.0 Å². The van der Waals surface area contributed by atoms with Crippen molar-refractivity contribution in [1.82, 2.24) is 9.97 Å². The van der Waals surface area contributed by atoms with E-state index in [1.54, 1.807) is 6.33 Å². The summed E-state index contributed by atoms with van der Waals surface area (Å²) in [5.41, 5.74) is 6.19. The largest absolute Gasteiger partial charge is 0.345 e. The number of Topliss-reactive ketones (excluding diaryl/α,β-unsaturated/α-hetero) is 1. The molecule has 1 aromatic heterocycles. The highest BCUT2D eigenvalue weighted by Crippen LogP contribution is 2.46. The molecule has 3 unspecified atom stereocenters. The second-order valence-electron chi connectivity index (χ2n) is 8.30. The van der Waals surface area contributed by atoms with Gasteiger partial charge >= 0.3 is 0 Å². The Kier molecular flexibility index (Phi) is 4.24. The molecule has 140 valence electrons. The van der Waals surface area contributed by atoms with E-state index >= 15 is 0 Å². The fourth-order valence-electron chi connectivity index (χ4n) is 5.30. The first-order chi connectivity index (χ1) is 13.7. The smallest absolute Gasteiger partial charge is 0.166 e. The molecule has 1 N–H and O–H groups in total. The highest BCUT2D eigenvalue weighted by Gasteiger charge is 2.35. The number of benzene rings is 2. The molecular formula is C24H23N3O. The molecule has 2 aliphatic rings. The molecule has 2 aliphatic carbocycles. The number of nitrogens with one attached hydrogen (secondary N) is 1. The summed E-state index contributed by atoms with van der Waals surface area (Å²) in [6.45, 7) is 0. The number of nitrogens with zero attached hydrogens (tertiary/aromatic N) is 2. The zero-order chi connectivity index (χ0) is 19.1. The van der Waals surface area contributed by atoms with Crippen molar-refractivity contribution in [3.8, 4) is 6.07 Å². The third kappa shape index (κ3) is 2.92. The number of carbonyl (C=O) groups excluding carboxylic acids is 1. The van der Waals surface area contributed by atoms with Gasteiger partial charge in [0, 0.05) is 11.5 Å². The van der Waals surface area contributed by atoms with E-state index in [1.807, 2.05) is 24.3 Å². The fraction of sp³-hybridized carbons (Fsp3) is 0.375. The topological polar surface area (TPSA) is 69.5 Å². The Morgan fingerprint density at radius 2 is 2.04 bits per heavy atom. The second-order valence-corrected chi connectivity index (χ2v) is 8.30. The van der Waals surface area contributed by atoms with Crippen molar-refractivity contribution >= 4 is 16.8 Å². The molecule has 0 spiro atoms. The Bertz CT molecular complexity index is 1090. The number of hydrogen-bond donors (Lipinski definition) is 1. The zero-order valence-corrected chi connectivity index (χ0v) is 15.8. The van der Waals surface area contributed by atoms with Crippen molar-refractivity contribution in [2.24, 2.45) is 11.8 Å². The molecule has 3 atom stereocenters. The van der Waals surface area contributed by atoms with Crippen LogP contribution in [0.3, 0.4) is 0 Å². The lowest BCUT2D eigenvalue weighted by atomic mass is 9.77. The van der Waals surface area contributed by atoms with E-state index in [2.05, 4.69) is 28.2 Å². The number of hydrogen-bond acceptors (Lipinski definition) is 3. The minimum atomic E-state index is 0.111. The molecule has 28 heavy (non-hydrogen) atoms. The van der Waals surface area contributed by atoms with Gasteiger partial charge in [-0.2, -0.15) is 5.26 Å². The maximum atomic E-state index is 13.2. The van der Waals surface area contributed by atoms with Crippen molar-refractivity contribution in [2.45, 2.75) is 44.4 Å². The SMILES string of the molecule is N#Cc1ccc2c(c1)C1CCCC(C(=O)c3ccc4nc[nH]c4c3)CCC1C2. The van der Waals surface area contributed by atoms with Gasteiger partial charge < -0.3 is 4.98 Å². The molecule has 1 heterocycles. The van der Waals surface area contributed by atoms with E-state index in [1.165, 1.54) is 11.1 Å². The Hall–Kier alpha value is -2.93. The monoisotopic (exact) mass is 369 g/mol. The van der Waals surface area contributed by atoms with E-state index in [0.717, 1.165) is 60.7 Å². The lowest BCUT2D eigenvalue weighted by Gasteiger charge is -2.27. The van der Waals surface area contributed by atoms with Gasteiger partial charge in [0.2, 0.25) is 0 Å². The first-order valence-corrected chi connectivity index (χ1v) is 10.2. The summed E-state index contributed by atoms with van der Waals surface area (Å²) < 4.78 is 0. The van der Waals surface area contributed by atoms with Crippen molar-refractivity contribution < 1.29 is 4.79 Å². The molecule has 4 nitrogen and oxygen atoms in total. The summed E-state index contributed by atoms with van der Waals surface area (Å²) >= 11 is 0. The van der Waals surface area contributed by atoms with E-state index in [0.29, 0.717) is 11.8 Å². The molecule has 2 aromatic carbocycles. The van der Waals surface area contributed by atoms with E-state index < -0.39 is 0 Å². The Morgan fingerprint density at radius 3 is 2.93 bits per heavy atom. The summed E-state index contributed by atoms with van der Waals surface area (Å²) in [7, 11) is 0. The maximum absolute atomic E-state index is 13.2. The number of H-pyrrole nitrogens is 1. The number of imidazole rings is 1. The van der Waals surface area contributed by atoms with Crippen LogP contribution >= 0.6 is 0 Å². The van der Waals surface area contributed by atoms with Gasteiger partial charge in [-0.1, -0.05) is 12.5 Å². The number of fused-ring (bicyclic) bond motifs is 4. The predicted octanol–water partition coefficient (Wildman–Crippen LogP) is 5.15. The summed E-state index contributed by atoms with van der Waals surface area (Å²) in [5, 5.41) is 9.23. The third-order valence-electron chi connectivity index (χ3n) is 6.75. The molecule has 0 aliphatic heterocycles. The third-order valence-corrected chi connectivity index (χ3v) is 6.75. The quantitative estimate of drug-likeness (QED) is 0.635. The van der Waals surface area contributed by atoms with Crippen LogP contribution < -0.4 is 0 Å². The van der Waals surface area contributed by atoms with Gasteiger partial charge in [0.15, 0.2) is 5.78 Å². The summed E-state index contributed by atoms with van der Waals surface area (Å²) in [6.07, 6.45) is 7.95. The lowest BCUT2D eigenvalue weighted by Crippen LogP contribution is -2.21. The van der Waals surface area contributed by atoms with Gasteiger partial charge in [0.1, 0.15) is 0 Å². The van der Waals surface area contributed by atoms with Crippen LogP contribution in [-0.4, -0.2) is 15.8 Å². The number of aromatic nitrogens is 2. The first-order valence-electron chi connectivity index (χ1n) is 10.2. The number of nitriles is 1. The number of carbonyl (C=O) groups is 1. The minimum absolute atomic E-state index is 0.111. The molecule has 0 saturated heterocycles. The summed E-state index contributed by atoms with van der Waals surface area (Å²) in [4.78, 5) is 20.5. The molecule has 0 radical (unpaired) electrons. The molecule has 5 rings (SSSR count). The number of rotatable bonds is 2. The molecular weight excluding hydrogens is 346 g/mol. The fourth-order valence-corrected chi connectivity index (χ4v) is 5.30. The molecule has 0 amide bonds. The predicted molar refractivity (Wildman–Crippen MR) is 108 cm³/mol. The average molecular weight is 369 g/mol. The van der Waals surface area contributed by atoms with E-state index in [-0.39, 0.29) is 11.7 Å². The van der Waals surface area contributed by atoms with Crippen LogP contribution in [0, 0.1) is 23.2 Å². The lowest BCUT2D eigenvalue weighted by molar-refractivity contribution is 0.0890. The minimum Gasteiger partial charge on any atom is -0.345 e. The van der Waals surface area contributed by atoms with Crippen molar-refractivity contribution in [3.63, 3.8) is 0 Å². The van der Waals surface area contributed by atoms with Gasteiger partial charge in [-0.3, -0.25) is 4.79 Å². The van der Waals surface area contributed by atoms with E-state index in [9.17, 15) is 10.1 Å². The van der Waals surface area contributed by atoms with Gasteiger partial charge in [-0.05, 0) is 85.4 Å². The summed E-state index contributed by atoms with van der Waals surface area (Å²) in [5.74, 6) is 1.55. The van der Waals surface area contributed by atoms with E-state index in [4.69, 9.17) is 0 Å². The van der Waals surface area contributed by atoms with Crippen LogP contribution in [0.5, 0.6) is 0 Å². The van der Waals surface area contributed by atoms with Crippen LogP contribution in [-0.2, 0) is 6.42 Å². The molecule has 1 saturated carbocycles. The van der Waals surface area contributed by atoms with Crippen LogP contribution in [0.25, 0.3) is 11.0 Å². The molecule has 4 heteroatoms. The highest BCUT2D eigenvalue weighted by atomic mass is 16.1. The maximum Gasteiger partial charge on any atom is 0.166 e. The van der Waals surface area contributed by atoms with Gasteiger partial charge in [0.25, 0.3) is 0 Å². The number of ketones is 1. The standard InChI is InChI=1S/C24H23N3O/c25-13-15-4-5-18-11-17-7-6-16(2-1-3-20(17)21(18)10-15)24(28)19-8-9-22-23(12-19)27-14-26-22/h4-5,8-10,12,14,16-17,20H,1-3,6-7,11H2,(H,26,27). The summed E-state index contributed by atoms with van der Waals surface area (Å²) in [6, 6.07) is 14.3. The van der Waals surface area contributed by atoms with Gasteiger partial charge in [-0.15, -0.1) is 0 Å².